The molecule has 96 valence electrons. The Morgan fingerprint density at radius 2 is 1.80 bits per heavy atom. The molecule has 0 spiro atoms. The number of rotatable bonds is 3. The third-order valence-corrected chi connectivity index (χ3v) is 3.27. The van der Waals surface area contributed by atoms with E-state index in [1.54, 1.807) is 12.5 Å². The van der Waals surface area contributed by atoms with Crippen molar-refractivity contribution in [1.29, 1.82) is 5.26 Å². The Morgan fingerprint density at radius 3 is 2.50 bits per heavy atom. The van der Waals surface area contributed by atoms with Crippen LogP contribution in [0.4, 0.5) is 0 Å². The summed E-state index contributed by atoms with van der Waals surface area (Å²) in [6.45, 7) is 0. The van der Waals surface area contributed by atoms with Crippen LogP contribution < -0.4 is 0 Å². The summed E-state index contributed by atoms with van der Waals surface area (Å²) in [5, 5.41) is 9.08. The van der Waals surface area contributed by atoms with Gasteiger partial charge in [-0.3, -0.25) is 0 Å². The first kappa shape index (κ1) is 12.2. The summed E-state index contributed by atoms with van der Waals surface area (Å²) in [5.41, 5.74) is 2.91. The van der Waals surface area contributed by atoms with Gasteiger partial charge in [-0.2, -0.15) is 5.26 Å². The van der Waals surface area contributed by atoms with Gasteiger partial charge in [0.15, 0.2) is 0 Å². The lowest BCUT2D eigenvalue weighted by Gasteiger charge is -2.19. The first-order chi connectivity index (χ1) is 9.88. The van der Waals surface area contributed by atoms with Gasteiger partial charge in [-0.15, -0.1) is 0 Å². The molecule has 0 aliphatic carbocycles. The van der Waals surface area contributed by atoms with Crippen LogP contribution in [0, 0.1) is 11.3 Å². The van der Waals surface area contributed by atoms with Crippen molar-refractivity contribution in [3.63, 3.8) is 0 Å². The van der Waals surface area contributed by atoms with Gasteiger partial charge < -0.3 is 4.57 Å². The molecule has 0 N–H and O–H groups in total. The van der Waals surface area contributed by atoms with Crippen molar-refractivity contribution in [3.05, 3.63) is 90.0 Å². The van der Waals surface area contributed by atoms with E-state index < -0.39 is 0 Å². The minimum atomic E-state index is 0.0343. The number of hydrogen-bond donors (Lipinski definition) is 0. The third-order valence-electron chi connectivity index (χ3n) is 3.27. The van der Waals surface area contributed by atoms with Crippen molar-refractivity contribution in [2.75, 3.05) is 0 Å². The first-order valence-corrected chi connectivity index (χ1v) is 6.41. The van der Waals surface area contributed by atoms with Crippen LogP contribution in [0.3, 0.4) is 0 Å². The largest absolute Gasteiger partial charge is 0.326 e. The molecule has 0 radical (unpaired) electrons. The van der Waals surface area contributed by atoms with E-state index in [9.17, 15) is 0 Å². The molecule has 3 heteroatoms. The Kier molecular flexibility index (Phi) is 3.30. The zero-order chi connectivity index (χ0) is 13.8. The average molecular weight is 259 g/mol. The second-order valence-electron chi connectivity index (χ2n) is 4.56. The summed E-state index contributed by atoms with van der Waals surface area (Å²) in [5.74, 6) is 0. The van der Waals surface area contributed by atoms with Crippen molar-refractivity contribution < 1.29 is 0 Å². The van der Waals surface area contributed by atoms with E-state index in [1.807, 2.05) is 53.2 Å². The monoisotopic (exact) mass is 259 g/mol. The zero-order valence-corrected chi connectivity index (χ0v) is 10.8. The third kappa shape index (κ3) is 2.32. The van der Waals surface area contributed by atoms with Crippen LogP contribution in [0.5, 0.6) is 0 Å². The summed E-state index contributed by atoms with van der Waals surface area (Å²) in [4.78, 5) is 4.13. The van der Waals surface area contributed by atoms with Crippen LogP contribution in [-0.2, 0) is 0 Å². The summed E-state index contributed by atoms with van der Waals surface area (Å²) in [6.07, 6.45) is 5.51. The molecule has 20 heavy (non-hydrogen) atoms. The second-order valence-corrected chi connectivity index (χ2v) is 4.56. The van der Waals surface area contributed by atoms with E-state index in [4.69, 9.17) is 5.26 Å². The SMILES string of the molecule is N#Cc1cccc(C(c2ccccc2)n2ccnc2)c1. The summed E-state index contributed by atoms with van der Waals surface area (Å²) in [7, 11) is 0. The maximum Gasteiger partial charge on any atom is 0.0991 e. The molecule has 0 aliphatic rings. The Hall–Kier alpha value is -2.86. The fourth-order valence-electron chi connectivity index (χ4n) is 2.37. The van der Waals surface area contributed by atoms with E-state index in [0.717, 1.165) is 5.56 Å². The fraction of sp³-hybridized carbons (Fsp3) is 0.0588. The maximum absolute atomic E-state index is 9.08. The second kappa shape index (κ2) is 5.41. The lowest BCUT2D eigenvalue weighted by Crippen LogP contribution is -2.10. The van der Waals surface area contributed by atoms with Crippen molar-refractivity contribution in [3.8, 4) is 6.07 Å². The van der Waals surface area contributed by atoms with Gasteiger partial charge in [0.1, 0.15) is 0 Å². The molecule has 2 aromatic carbocycles. The van der Waals surface area contributed by atoms with Crippen LogP contribution in [0.2, 0.25) is 0 Å². The van der Waals surface area contributed by atoms with E-state index in [1.165, 1.54) is 5.56 Å². The molecule has 0 bridgehead atoms. The highest BCUT2D eigenvalue weighted by Crippen LogP contribution is 2.26. The van der Waals surface area contributed by atoms with Crippen LogP contribution in [0.25, 0.3) is 0 Å². The molecular weight excluding hydrogens is 246 g/mol. The number of imidazole rings is 1. The van der Waals surface area contributed by atoms with Crippen LogP contribution in [0.15, 0.2) is 73.3 Å². The molecule has 0 amide bonds. The van der Waals surface area contributed by atoms with Crippen LogP contribution in [0.1, 0.15) is 22.7 Å². The summed E-state index contributed by atoms with van der Waals surface area (Å²) >= 11 is 0. The van der Waals surface area contributed by atoms with Gasteiger partial charge in [-0.1, -0.05) is 42.5 Å². The molecule has 0 saturated heterocycles. The molecule has 1 unspecified atom stereocenters. The molecule has 3 rings (SSSR count). The number of benzene rings is 2. The van der Waals surface area contributed by atoms with Crippen LogP contribution in [-0.4, -0.2) is 9.55 Å². The Morgan fingerprint density at radius 1 is 1.00 bits per heavy atom. The lowest BCUT2D eigenvalue weighted by atomic mass is 9.97. The standard InChI is InChI=1S/C17H13N3/c18-12-14-5-4-8-16(11-14)17(20-10-9-19-13-20)15-6-2-1-3-7-15/h1-11,13,17H. The molecule has 0 fully saturated rings. The quantitative estimate of drug-likeness (QED) is 0.723. The molecule has 0 saturated carbocycles. The molecule has 3 nitrogen and oxygen atoms in total. The highest BCUT2D eigenvalue weighted by atomic mass is 15.0. The van der Waals surface area contributed by atoms with E-state index in [2.05, 4.69) is 23.2 Å². The van der Waals surface area contributed by atoms with Gasteiger partial charge in [0.2, 0.25) is 0 Å². The zero-order valence-electron chi connectivity index (χ0n) is 10.8. The van der Waals surface area contributed by atoms with Gasteiger partial charge in [0.25, 0.3) is 0 Å². The molecule has 1 atom stereocenters. The summed E-state index contributed by atoms with van der Waals surface area (Å²) < 4.78 is 2.05. The van der Waals surface area contributed by atoms with Gasteiger partial charge in [0, 0.05) is 12.4 Å². The number of hydrogen-bond acceptors (Lipinski definition) is 2. The van der Waals surface area contributed by atoms with E-state index in [0.29, 0.717) is 5.56 Å². The van der Waals surface area contributed by atoms with Crippen molar-refractivity contribution >= 4 is 0 Å². The van der Waals surface area contributed by atoms with Gasteiger partial charge in [-0.25, -0.2) is 4.98 Å². The minimum absolute atomic E-state index is 0.0343. The molecule has 1 heterocycles. The van der Waals surface area contributed by atoms with Crippen molar-refractivity contribution in [2.24, 2.45) is 0 Å². The van der Waals surface area contributed by atoms with Crippen molar-refractivity contribution in [2.45, 2.75) is 6.04 Å². The average Bonchev–Trinajstić information content (AvgIpc) is 3.03. The van der Waals surface area contributed by atoms with Gasteiger partial charge in [-0.05, 0) is 23.3 Å². The van der Waals surface area contributed by atoms with Crippen LogP contribution >= 0.6 is 0 Å². The highest BCUT2D eigenvalue weighted by molar-refractivity contribution is 5.39. The van der Waals surface area contributed by atoms with Crippen molar-refractivity contribution in [1.82, 2.24) is 9.55 Å². The number of aromatic nitrogens is 2. The maximum atomic E-state index is 9.08. The predicted molar refractivity (Wildman–Crippen MR) is 77.1 cm³/mol. The molecule has 1 aromatic heterocycles. The number of nitriles is 1. The fourth-order valence-corrected chi connectivity index (χ4v) is 2.37. The van der Waals surface area contributed by atoms with Gasteiger partial charge >= 0.3 is 0 Å². The van der Waals surface area contributed by atoms with E-state index >= 15 is 0 Å². The molecular formula is C17H13N3. The Labute approximate surface area is 117 Å². The highest BCUT2D eigenvalue weighted by Gasteiger charge is 2.15. The predicted octanol–water partition coefficient (Wildman–Crippen LogP) is 3.39. The summed E-state index contributed by atoms with van der Waals surface area (Å²) in [6, 6.07) is 20.1. The lowest BCUT2D eigenvalue weighted by molar-refractivity contribution is 0.676. The minimum Gasteiger partial charge on any atom is -0.326 e. The topological polar surface area (TPSA) is 41.6 Å². The number of nitrogens with zero attached hydrogens (tertiary/aromatic N) is 3. The normalized spacial score (nSPS) is 11.8. The Bertz CT molecular complexity index is 724. The van der Waals surface area contributed by atoms with Gasteiger partial charge in [0.05, 0.1) is 24.0 Å². The Balaban J connectivity index is 2.13. The molecule has 3 aromatic rings. The molecule has 0 aliphatic heterocycles. The van der Waals surface area contributed by atoms with E-state index in [-0.39, 0.29) is 6.04 Å². The first-order valence-electron chi connectivity index (χ1n) is 6.41. The smallest absolute Gasteiger partial charge is 0.0991 e.